The fourth-order valence-electron chi connectivity index (χ4n) is 2.59. The maximum Gasteiger partial charge on any atom is 0.185 e. The average molecular weight is 277 g/mol. The molecule has 104 valence electrons. The number of nitrogens with one attached hydrogen (secondary N) is 3. The van der Waals surface area contributed by atoms with Gasteiger partial charge < -0.3 is 5.32 Å². The van der Waals surface area contributed by atoms with Gasteiger partial charge in [0.05, 0.1) is 5.69 Å². The Labute approximate surface area is 121 Å². The van der Waals surface area contributed by atoms with Gasteiger partial charge in [-0.3, -0.25) is 10.9 Å². The summed E-state index contributed by atoms with van der Waals surface area (Å²) in [4.78, 5) is 0. The third kappa shape index (κ3) is 4.39. The fraction of sp³-hybridized carbons (Fsp3) is 0.533. The van der Waals surface area contributed by atoms with Gasteiger partial charge in [-0.25, -0.2) is 0 Å². The maximum absolute atomic E-state index is 5.34. The van der Waals surface area contributed by atoms with Gasteiger partial charge in [0.2, 0.25) is 0 Å². The Morgan fingerprint density at radius 1 is 1.26 bits per heavy atom. The van der Waals surface area contributed by atoms with Crippen LogP contribution in [-0.2, 0) is 0 Å². The van der Waals surface area contributed by atoms with Gasteiger partial charge in [-0.05, 0) is 55.6 Å². The molecule has 0 radical (unpaired) electrons. The lowest BCUT2D eigenvalue weighted by molar-refractivity contribution is 0.308. The van der Waals surface area contributed by atoms with Crippen LogP contribution in [0.4, 0.5) is 5.69 Å². The van der Waals surface area contributed by atoms with Crippen LogP contribution in [0.2, 0.25) is 0 Å². The lowest BCUT2D eigenvalue weighted by Crippen LogP contribution is -2.47. The van der Waals surface area contributed by atoms with E-state index in [4.69, 9.17) is 12.2 Å². The van der Waals surface area contributed by atoms with E-state index in [2.05, 4.69) is 42.1 Å². The van der Waals surface area contributed by atoms with Crippen molar-refractivity contribution in [1.29, 1.82) is 0 Å². The van der Waals surface area contributed by atoms with Crippen molar-refractivity contribution < 1.29 is 0 Å². The van der Waals surface area contributed by atoms with Crippen molar-refractivity contribution in [3.05, 3.63) is 29.8 Å². The molecule has 2 rings (SSSR count). The fourth-order valence-corrected chi connectivity index (χ4v) is 2.79. The van der Waals surface area contributed by atoms with Gasteiger partial charge in [0, 0.05) is 6.04 Å². The monoisotopic (exact) mass is 277 g/mol. The predicted octanol–water partition coefficient (Wildman–Crippen LogP) is 3.36. The number of hydrogen-bond acceptors (Lipinski definition) is 2. The Morgan fingerprint density at radius 2 is 2.05 bits per heavy atom. The minimum absolute atomic E-state index is 0.507. The lowest BCUT2D eigenvalue weighted by atomic mass is 9.86. The normalized spacial score (nSPS) is 22.6. The summed E-state index contributed by atoms with van der Waals surface area (Å²) in [5.74, 6) is 0.701. The molecule has 1 aliphatic rings. The summed E-state index contributed by atoms with van der Waals surface area (Å²) in [7, 11) is 0. The summed E-state index contributed by atoms with van der Waals surface area (Å²) in [6.07, 6.45) is 5.16. The SMILES string of the molecule is Cc1cccc(NNC(=S)N[C@H]2CCCC[C@H]2C)c1. The van der Waals surface area contributed by atoms with Crippen LogP contribution in [0.25, 0.3) is 0 Å². The van der Waals surface area contributed by atoms with Crippen LogP contribution in [0.3, 0.4) is 0 Å². The molecule has 0 bridgehead atoms. The largest absolute Gasteiger partial charge is 0.358 e. The van der Waals surface area contributed by atoms with Crippen molar-refractivity contribution in [2.75, 3.05) is 5.43 Å². The molecule has 0 spiro atoms. The number of hydrogen-bond donors (Lipinski definition) is 3. The highest BCUT2D eigenvalue weighted by atomic mass is 32.1. The standard InChI is InChI=1S/C15H23N3S/c1-11-6-5-8-13(10-11)17-18-15(19)16-14-9-4-3-7-12(14)2/h5-6,8,10,12,14,17H,3-4,7,9H2,1-2H3,(H2,16,18,19)/t12-,14+/m1/s1. The topological polar surface area (TPSA) is 36.1 Å². The second-order valence-electron chi connectivity index (χ2n) is 5.46. The smallest absolute Gasteiger partial charge is 0.185 e. The van der Waals surface area contributed by atoms with E-state index in [0.29, 0.717) is 17.1 Å². The summed E-state index contributed by atoms with van der Waals surface area (Å²) in [5.41, 5.74) is 8.46. The molecule has 0 aliphatic heterocycles. The van der Waals surface area contributed by atoms with Gasteiger partial charge in [0.15, 0.2) is 5.11 Å². The van der Waals surface area contributed by atoms with Crippen molar-refractivity contribution in [1.82, 2.24) is 10.7 Å². The van der Waals surface area contributed by atoms with Gasteiger partial charge >= 0.3 is 0 Å². The van der Waals surface area contributed by atoms with Gasteiger partial charge in [-0.15, -0.1) is 0 Å². The van der Waals surface area contributed by atoms with Crippen LogP contribution in [0, 0.1) is 12.8 Å². The minimum atomic E-state index is 0.507. The Balaban J connectivity index is 1.78. The first-order chi connectivity index (χ1) is 9.15. The van der Waals surface area contributed by atoms with Gasteiger partial charge in [0.25, 0.3) is 0 Å². The minimum Gasteiger partial charge on any atom is -0.358 e. The molecule has 4 heteroatoms. The van der Waals surface area contributed by atoms with Crippen LogP contribution >= 0.6 is 12.2 Å². The molecule has 0 aromatic heterocycles. The quantitative estimate of drug-likeness (QED) is 0.585. The summed E-state index contributed by atoms with van der Waals surface area (Å²) in [5, 5.41) is 4.09. The third-order valence-corrected chi connectivity index (χ3v) is 3.99. The highest BCUT2D eigenvalue weighted by Crippen LogP contribution is 2.23. The van der Waals surface area contributed by atoms with E-state index in [9.17, 15) is 0 Å². The van der Waals surface area contributed by atoms with Crippen LogP contribution < -0.4 is 16.2 Å². The molecule has 0 amide bonds. The second kappa shape index (κ2) is 6.75. The summed E-state index contributed by atoms with van der Waals surface area (Å²) >= 11 is 5.34. The molecule has 1 saturated carbocycles. The van der Waals surface area contributed by atoms with Crippen LogP contribution in [0.1, 0.15) is 38.2 Å². The molecule has 3 N–H and O–H groups in total. The van der Waals surface area contributed by atoms with E-state index in [1.54, 1.807) is 0 Å². The molecule has 0 heterocycles. The Kier molecular flexibility index (Phi) is 5.02. The number of benzene rings is 1. The van der Waals surface area contributed by atoms with Crippen molar-refractivity contribution in [3.8, 4) is 0 Å². The van der Waals surface area contributed by atoms with E-state index < -0.39 is 0 Å². The molecule has 3 nitrogen and oxygen atoms in total. The first kappa shape index (κ1) is 14.1. The summed E-state index contributed by atoms with van der Waals surface area (Å²) in [6.45, 7) is 4.37. The molecule has 1 aromatic carbocycles. The molecule has 2 atom stereocenters. The maximum atomic E-state index is 5.34. The zero-order chi connectivity index (χ0) is 13.7. The van der Waals surface area contributed by atoms with Crippen LogP contribution in [0.15, 0.2) is 24.3 Å². The van der Waals surface area contributed by atoms with E-state index in [0.717, 1.165) is 5.69 Å². The lowest BCUT2D eigenvalue weighted by Gasteiger charge is -2.30. The highest BCUT2D eigenvalue weighted by molar-refractivity contribution is 7.80. The molecule has 1 fully saturated rings. The Bertz CT molecular complexity index is 433. The van der Waals surface area contributed by atoms with Gasteiger partial charge in [-0.2, -0.15) is 0 Å². The first-order valence-corrected chi connectivity index (χ1v) is 7.45. The third-order valence-electron chi connectivity index (χ3n) is 3.77. The second-order valence-corrected chi connectivity index (χ2v) is 5.87. The first-order valence-electron chi connectivity index (χ1n) is 7.04. The summed E-state index contributed by atoms with van der Waals surface area (Å²) < 4.78 is 0. The van der Waals surface area contributed by atoms with E-state index >= 15 is 0 Å². The van der Waals surface area contributed by atoms with Crippen LogP contribution in [0.5, 0.6) is 0 Å². The number of anilines is 1. The number of thiocarbonyl (C=S) groups is 1. The molecule has 1 aromatic rings. The molecular weight excluding hydrogens is 254 g/mol. The number of hydrazine groups is 1. The van der Waals surface area contributed by atoms with Crippen molar-refractivity contribution >= 4 is 23.0 Å². The number of aryl methyl sites for hydroxylation is 1. The van der Waals surface area contributed by atoms with Gasteiger partial charge in [-0.1, -0.05) is 31.9 Å². The molecule has 0 unspecified atom stereocenters. The zero-order valence-electron chi connectivity index (χ0n) is 11.7. The van der Waals surface area contributed by atoms with E-state index in [1.165, 1.54) is 31.2 Å². The number of rotatable bonds is 3. The average Bonchev–Trinajstić information content (AvgIpc) is 2.39. The predicted molar refractivity (Wildman–Crippen MR) is 85.1 cm³/mol. The zero-order valence-corrected chi connectivity index (χ0v) is 12.5. The molecular formula is C15H23N3S. The highest BCUT2D eigenvalue weighted by Gasteiger charge is 2.21. The van der Waals surface area contributed by atoms with Crippen molar-refractivity contribution in [2.45, 2.75) is 45.6 Å². The Hall–Kier alpha value is -1.29. The van der Waals surface area contributed by atoms with E-state index in [-0.39, 0.29) is 0 Å². The van der Waals surface area contributed by atoms with Crippen molar-refractivity contribution in [3.63, 3.8) is 0 Å². The molecule has 19 heavy (non-hydrogen) atoms. The molecule has 0 saturated heterocycles. The van der Waals surface area contributed by atoms with Crippen molar-refractivity contribution in [2.24, 2.45) is 5.92 Å². The van der Waals surface area contributed by atoms with Gasteiger partial charge in [0.1, 0.15) is 0 Å². The summed E-state index contributed by atoms with van der Waals surface area (Å²) in [6, 6.07) is 8.71. The Morgan fingerprint density at radius 3 is 2.79 bits per heavy atom. The van der Waals surface area contributed by atoms with Crippen LogP contribution in [-0.4, -0.2) is 11.2 Å². The van der Waals surface area contributed by atoms with E-state index in [1.807, 2.05) is 12.1 Å². The molecule has 1 aliphatic carbocycles.